The summed E-state index contributed by atoms with van der Waals surface area (Å²) in [5.41, 5.74) is 22.8. The molecule has 0 fully saturated rings. The van der Waals surface area contributed by atoms with Crippen molar-refractivity contribution in [3.63, 3.8) is 0 Å². The first-order chi connectivity index (χ1) is 36.7. The topological polar surface area (TPSA) is 197 Å². The van der Waals surface area contributed by atoms with Crippen LogP contribution >= 0.6 is 15.9 Å². The molecule has 77 heavy (non-hydrogen) atoms. The van der Waals surface area contributed by atoms with E-state index in [1.807, 2.05) is 24.3 Å². The SMILES string of the molecule is CC(C)Br.COc1cc(C2=CCN(C(C)C)CC2)ccc1N.COc1cc(C2=CCN(C(C)C)CC2)ccc1N.COc1cc(C2=CCN(C(C)C)CC2)ccc1[N+](=O)[O-].COc1cc(C2=CCNCC2)ccc1[N+](=O)[O-]. The van der Waals surface area contributed by atoms with Crippen LogP contribution in [0.15, 0.2) is 97.1 Å². The number of anilines is 2. The standard InChI is InChI=1S/C15H20N2O3.2C15H22N2O.C12H14N2O3.C3H7Br/c1-11(2)16-8-6-12(7-9-16)13-4-5-14(17(18)19)15(10-13)20-3;2*1-11(2)17-8-6-12(7-9-17)13-4-5-14(16)15(10-13)18-3;1-17-12-8-10(2-3-11(12)14(15)16)9-4-6-13-7-5-9;1-3(2)4/h4-6,10-11H,7-9H2,1-3H3;2*4-6,10-11H,7-9,16H2,1-3H3;2-4,8,13H,5-7H2,1H3;3H,1-2H3. The number of alkyl halides is 1. The Morgan fingerprint density at radius 2 is 0.792 bits per heavy atom. The highest BCUT2D eigenvalue weighted by atomic mass is 79.9. The third-order valence-electron chi connectivity index (χ3n) is 13.7. The van der Waals surface area contributed by atoms with E-state index in [2.05, 4.69) is 128 Å². The van der Waals surface area contributed by atoms with Crippen LogP contribution in [0, 0.1) is 20.2 Å². The molecule has 0 bridgehead atoms. The Morgan fingerprint density at radius 3 is 1.04 bits per heavy atom. The number of ether oxygens (including phenoxy) is 4. The van der Waals surface area contributed by atoms with Gasteiger partial charge in [-0.25, -0.2) is 0 Å². The Hall–Kier alpha value is -6.24. The summed E-state index contributed by atoms with van der Waals surface area (Å²) < 4.78 is 20.7. The van der Waals surface area contributed by atoms with Crippen molar-refractivity contribution in [1.29, 1.82) is 0 Å². The van der Waals surface area contributed by atoms with E-state index in [1.165, 1.54) is 59.8 Å². The molecular weight excluding hydrogens is 1040 g/mol. The quantitative estimate of drug-likeness (QED) is 0.0495. The Bertz CT molecular complexity index is 2600. The summed E-state index contributed by atoms with van der Waals surface area (Å²) in [6, 6.07) is 23.9. The van der Waals surface area contributed by atoms with Crippen LogP contribution in [0.3, 0.4) is 0 Å². The molecule has 0 saturated carbocycles. The summed E-state index contributed by atoms with van der Waals surface area (Å²) in [6.07, 6.45) is 13.0. The molecule has 4 aliphatic heterocycles. The van der Waals surface area contributed by atoms with Gasteiger partial charge >= 0.3 is 11.4 Å². The van der Waals surface area contributed by atoms with Gasteiger partial charge in [-0.05, 0) is 167 Å². The number of nitro benzene ring substituents is 2. The summed E-state index contributed by atoms with van der Waals surface area (Å²) in [6.45, 7) is 25.5. The summed E-state index contributed by atoms with van der Waals surface area (Å²) in [7, 11) is 6.22. The average Bonchev–Trinajstić information content (AvgIpc) is 3.43. The number of nitrogens with one attached hydrogen (secondary N) is 1. The number of methoxy groups -OCH3 is 4. The van der Waals surface area contributed by atoms with E-state index < -0.39 is 9.85 Å². The van der Waals surface area contributed by atoms with Crippen LogP contribution in [0.1, 0.15) is 103 Å². The maximum absolute atomic E-state index is 10.9. The third kappa shape index (κ3) is 19.6. The molecule has 420 valence electrons. The number of benzene rings is 4. The van der Waals surface area contributed by atoms with Crippen molar-refractivity contribution in [2.24, 2.45) is 0 Å². The first-order valence-corrected chi connectivity index (χ1v) is 27.5. The Balaban J connectivity index is 0.000000217. The first kappa shape index (κ1) is 63.3. The summed E-state index contributed by atoms with van der Waals surface area (Å²) in [5.74, 6) is 2.16. The van der Waals surface area contributed by atoms with Gasteiger partial charge < -0.3 is 35.7 Å². The van der Waals surface area contributed by atoms with Gasteiger partial charge in [0.05, 0.1) is 49.7 Å². The number of hydrogen-bond acceptors (Lipinski definition) is 14. The van der Waals surface area contributed by atoms with E-state index >= 15 is 0 Å². The van der Waals surface area contributed by atoms with Gasteiger partial charge in [0.2, 0.25) is 0 Å². The van der Waals surface area contributed by atoms with E-state index in [1.54, 1.807) is 38.5 Å². The number of nitrogens with zero attached hydrogens (tertiary/aromatic N) is 5. The van der Waals surface area contributed by atoms with Crippen LogP contribution < -0.4 is 35.7 Å². The highest BCUT2D eigenvalue weighted by Gasteiger charge is 2.21. The van der Waals surface area contributed by atoms with Gasteiger partial charge in [0.15, 0.2) is 11.5 Å². The van der Waals surface area contributed by atoms with E-state index in [4.69, 9.17) is 30.4 Å². The monoisotopic (exact) mass is 1120 g/mol. The number of nitrogens with two attached hydrogens (primary N) is 2. The van der Waals surface area contributed by atoms with Gasteiger partial charge in [0, 0.05) is 80.9 Å². The Morgan fingerprint density at radius 1 is 0.494 bits per heavy atom. The molecule has 0 aliphatic carbocycles. The van der Waals surface area contributed by atoms with Gasteiger partial charge in [-0.1, -0.05) is 66.2 Å². The van der Waals surface area contributed by atoms with Gasteiger partial charge in [0.25, 0.3) is 0 Å². The minimum absolute atomic E-state index is 0.00536. The lowest BCUT2D eigenvalue weighted by molar-refractivity contribution is -0.385. The zero-order valence-corrected chi connectivity index (χ0v) is 49.2. The second kappa shape index (κ2) is 31.9. The number of hydrogen-bond donors (Lipinski definition) is 3. The molecule has 16 nitrogen and oxygen atoms in total. The van der Waals surface area contributed by atoms with E-state index in [-0.39, 0.29) is 11.4 Å². The van der Waals surface area contributed by atoms with E-state index in [0.29, 0.717) is 45.8 Å². The minimum atomic E-state index is -0.431. The van der Waals surface area contributed by atoms with Crippen LogP contribution in [0.4, 0.5) is 22.7 Å². The lowest BCUT2D eigenvalue weighted by Crippen LogP contribution is -2.34. The van der Waals surface area contributed by atoms with Crippen LogP contribution in [0.25, 0.3) is 22.3 Å². The zero-order chi connectivity index (χ0) is 56.8. The maximum atomic E-state index is 10.9. The number of rotatable bonds is 13. The molecule has 0 atom stereocenters. The third-order valence-corrected chi connectivity index (χ3v) is 13.7. The van der Waals surface area contributed by atoms with E-state index in [0.717, 1.165) is 101 Å². The molecular formula is C60H85BrN8O8. The van der Waals surface area contributed by atoms with Crippen LogP contribution in [-0.2, 0) is 0 Å². The van der Waals surface area contributed by atoms with Crippen molar-refractivity contribution in [2.75, 3.05) is 92.3 Å². The number of halogens is 1. The molecule has 8 rings (SSSR count). The average molecular weight is 1130 g/mol. The van der Waals surface area contributed by atoms with Crippen molar-refractivity contribution >= 4 is 61.0 Å². The van der Waals surface area contributed by atoms with Crippen LogP contribution in [0.5, 0.6) is 23.0 Å². The number of nitro groups is 2. The van der Waals surface area contributed by atoms with Gasteiger partial charge in [-0.3, -0.25) is 34.9 Å². The second-order valence-electron chi connectivity index (χ2n) is 20.1. The maximum Gasteiger partial charge on any atom is 0.310 e. The highest BCUT2D eigenvalue weighted by Crippen LogP contribution is 2.35. The van der Waals surface area contributed by atoms with Crippen molar-refractivity contribution < 1.29 is 28.8 Å². The largest absolute Gasteiger partial charge is 0.495 e. The van der Waals surface area contributed by atoms with Crippen molar-refractivity contribution in [3.8, 4) is 23.0 Å². The molecule has 0 saturated heterocycles. The normalized spacial score (nSPS) is 15.9. The Labute approximate surface area is 466 Å². The molecule has 4 heterocycles. The summed E-state index contributed by atoms with van der Waals surface area (Å²) >= 11 is 3.27. The lowest BCUT2D eigenvalue weighted by atomic mass is 9.98. The molecule has 4 aromatic rings. The first-order valence-electron chi connectivity index (χ1n) is 26.6. The molecule has 0 amide bonds. The van der Waals surface area contributed by atoms with Crippen molar-refractivity contribution in [3.05, 3.63) is 140 Å². The summed E-state index contributed by atoms with van der Waals surface area (Å²) in [5, 5.41) is 24.9. The molecule has 17 heteroatoms. The fourth-order valence-corrected chi connectivity index (χ4v) is 9.01. The van der Waals surface area contributed by atoms with Crippen LogP contribution in [-0.4, -0.2) is 128 Å². The molecule has 4 aromatic carbocycles. The fourth-order valence-electron chi connectivity index (χ4n) is 9.01. The Kier molecular flexibility index (Phi) is 26.2. The molecule has 0 unspecified atom stereocenters. The summed E-state index contributed by atoms with van der Waals surface area (Å²) in [4.78, 5) is 28.8. The zero-order valence-electron chi connectivity index (χ0n) is 47.6. The molecule has 5 N–H and O–H groups in total. The van der Waals surface area contributed by atoms with Crippen LogP contribution in [0.2, 0.25) is 0 Å². The number of nitrogen functional groups attached to an aromatic ring is 2. The van der Waals surface area contributed by atoms with Crippen molar-refractivity contribution in [2.45, 2.75) is 104 Å². The minimum Gasteiger partial charge on any atom is -0.495 e. The molecule has 0 spiro atoms. The highest BCUT2D eigenvalue weighted by molar-refractivity contribution is 9.09. The lowest BCUT2D eigenvalue weighted by Gasteiger charge is -2.29. The van der Waals surface area contributed by atoms with Gasteiger partial charge in [-0.2, -0.15) is 0 Å². The van der Waals surface area contributed by atoms with Gasteiger partial charge in [-0.15, -0.1) is 0 Å². The molecule has 0 radical (unpaired) electrons. The smallest absolute Gasteiger partial charge is 0.310 e. The molecule has 4 aliphatic rings. The molecule has 0 aromatic heterocycles. The van der Waals surface area contributed by atoms with Crippen molar-refractivity contribution in [1.82, 2.24) is 20.0 Å². The fraction of sp³-hybridized carbons (Fsp3) is 0.467. The van der Waals surface area contributed by atoms with E-state index in [9.17, 15) is 20.2 Å². The van der Waals surface area contributed by atoms with Gasteiger partial charge in [0.1, 0.15) is 11.5 Å². The second-order valence-corrected chi connectivity index (χ2v) is 21.9. The predicted octanol–water partition coefficient (Wildman–Crippen LogP) is 12.4. The predicted molar refractivity (Wildman–Crippen MR) is 322 cm³/mol.